The van der Waals surface area contributed by atoms with Gasteiger partial charge in [-0.1, -0.05) is 306 Å². The van der Waals surface area contributed by atoms with Crippen molar-refractivity contribution in [3.05, 3.63) is 361 Å². The van der Waals surface area contributed by atoms with E-state index in [1.807, 2.05) is 98.0 Å². The lowest BCUT2D eigenvalue weighted by Crippen LogP contribution is -2.32. The molecule has 1 unspecified atom stereocenters. The summed E-state index contributed by atoms with van der Waals surface area (Å²) in [5.41, 5.74) is 22.1. The molecule has 5 aromatic carbocycles. The van der Waals surface area contributed by atoms with Crippen LogP contribution in [0.2, 0.25) is 0 Å². The lowest BCUT2D eigenvalue weighted by atomic mass is 9.64. The van der Waals surface area contributed by atoms with Gasteiger partial charge in [0.25, 0.3) is 0 Å². The molecular weight excluding hydrogens is 881 g/mol. The molecule has 73 heavy (non-hydrogen) atoms. The number of hydrogen-bond donors (Lipinski definition) is 2. The minimum Gasteiger partial charge on any atom is -0.405 e. The third-order valence-corrected chi connectivity index (χ3v) is 11.9. The first-order chi connectivity index (χ1) is 35.8. The van der Waals surface area contributed by atoms with Gasteiger partial charge in [-0.15, -0.1) is 0 Å². The lowest BCUT2D eigenvalue weighted by Gasteiger charge is -2.38. The van der Waals surface area contributed by atoms with Crippen LogP contribution in [0.3, 0.4) is 0 Å². The van der Waals surface area contributed by atoms with E-state index in [2.05, 4.69) is 220 Å². The van der Waals surface area contributed by atoms with Crippen LogP contribution < -0.4 is 21.9 Å². The average Bonchev–Trinajstić information content (AvgIpc) is 3.45. The van der Waals surface area contributed by atoms with Crippen LogP contribution in [-0.4, -0.2) is 0 Å². The molecule has 2 aliphatic carbocycles. The SMILES string of the molecule is C=C/C=C\C=C/C(=C)/C=C\C=C/CC1(c2ccccc2)C(=C)/C=c2/cccc/c2=C/CC2=C/C=C/C=C\C(c3cccc(C/C=C/C=C\C=C/C)c3)=C/C=C/C=C\21.C=CN.Nc1ccc(-c2ccccc2)cc1. The number of fused-ring (bicyclic) bond motifs is 2. The van der Waals surface area contributed by atoms with Crippen LogP contribution in [0.5, 0.6) is 0 Å². The van der Waals surface area contributed by atoms with Crippen molar-refractivity contribution >= 4 is 23.4 Å². The van der Waals surface area contributed by atoms with Crippen LogP contribution in [0.25, 0.3) is 28.9 Å². The Morgan fingerprint density at radius 1 is 0.603 bits per heavy atom. The van der Waals surface area contributed by atoms with Crippen molar-refractivity contribution in [1.82, 2.24) is 0 Å². The Labute approximate surface area is 436 Å². The monoisotopic (exact) mass is 951 g/mol. The molecule has 0 spiro atoms. The maximum Gasteiger partial charge on any atom is 0.0482 e. The Bertz CT molecular complexity index is 3150. The fourth-order valence-electron chi connectivity index (χ4n) is 8.29. The van der Waals surface area contributed by atoms with Crippen LogP contribution in [-0.2, 0) is 11.8 Å². The molecule has 0 heterocycles. The molecule has 2 heteroatoms. The summed E-state index contributed by atoms with van der Waals surface area (Å²) in [6.45, 7) is 18.0. The summed E-state index contributed by atoms with van der Waals surface area (Å²) < 4.78 is 0. The van der Waals surface area contributed by atoms with Crippen LogP contribution in [0, 0.1) is 0 Å². The van der Waals surface area contributed by atoms with E-state index < -0.39 is 5.41 Å². The second kappa shape index (κ2) is 31.3. The maximum atomic E-state index is 5.60. The third-order valence-electron chi connectivity index (χ3n) is 11.9. The van der Waals surface area contributed by atoms with Gasteiger partial charge in [0, 0.05) is 11.1 Å². The van der Waals surface area contributed by atoms with E-state index in [1.54, 1.807) is 6.08 Å². The van der Waals surface area contributed by atoms with Crippen molar-refractivity contribution in [3.63, 3.8) is 0 Å². The highest BCUT2D eigenvalue weighted by atomic mass is 14.5. The van der Waals surface area contributed by atoms with Gasteiger partial charge < -0.3 is 11.5 Å². The first kappa shape index (κ1) is 55.0. The second-order valence-electron chi connectivity index (χ2n) is 17.0. The van der Waals surface area contributed by atoms with E-state index in [-0.39, 0.29) is 0 Å². The largest absolute Gasteiger partial charge is 0.405 e. The number of anilines is 1. The standard InChI is InChI=1S/C57H54.C12H11N.C2H5N/c1-5-7-9-11-12-18-31-49-32-28-38-54(46-49)50-33-19-13-20-36-52-43-42-51-35-23-24-37-53(51)45-48(4)57(55-39-21-14-22-40-55,56(52)41-26-25-34-50)44-27-15-17-30-47(3)29-16-10-8-6-2;13-12-8-6-11(7-9-12)10-4-2-1-3-5-10;1-2-3/h5-30,32-42,45-46H,2-4,31,43-44H2,1H3;1-9H,13H2;2H,1,3H2/b7-5-,10-8-,11-9-,18-12+,19-13?,20-13+,26-25+,27-15-,29-16-,30-17-,33-19-,34-25?,36-20?,41-26?,50-33?,50-34+,51-42-,52-36-,53-45-,56-41+,56-52?;;. The zero-order chi connectivity index (χ0) is 51.8. The summed E-state index contributed by atoms with van der Waals surface area (Å²) >= 11 is 0. The number of nitrogen functional groups attached to an aromatic ring is 1. The van der Waals surface area contributed by atoms with Gasteiger partial charge >= 0.3 is 0 Å². The molecule has 7 rings (SSSR count). The van der Waals surface area contributed by atoms with Crippen molar-refractivity contribution in [2.75, 3.05) is 5.73 Å². The number of allylic oxidation sites excluding steroid dienone is 29. The summed E-state index contributed by atoms with van der Waals surface area (Å²) in [5, 5.41) is 2.37. The summed E-state index contributed by atoms with van der Waals surface area (Å²) in [7, 11) is 0. The molecule has 1 atom stereocenters. The van der Waals surface area contributed by atoms with Crippen molar-refractivity contribution < 1.29 is 0 Å². The fraction of sp³-hybridized carbons (Fsp3) is 0.0704. The summed E-state index contributed by atoms with van der Waals surface area (Å²) in [4.78, 5) is 0. The van der Waals surface area contributed by atoms with Crippen LogP contribution in [0.1, 0.15) is 36.5 Å². The van der Waals surface area contributed by atoms with Crippen molar-refractivity contribution in [2.45, 2.75) is 31.6 Å². The van der Waals surface area contributed by atoms with E-state index in [1.165, 1.54) is 55.6 Å². The number of rotatable bonds is 14. The van der Waals surface area contributed by atoms with Gasteiger partial charge in [0.05, 0.1) is 0 Å². The smallest absolute Gasteiger partial charge is 0.0482 e. The molecule has 4 N–H and O–H groups in total. The molecule has 0 amide bonds. The third kappa shape index (κ3) is 17.7. The minimum atomic E-state index is -0.566. The Morgan fingerprint density at radius 3 is 1.96 bits per heavy atom. The van der Waals surface area contributed by atoms with E-state index >= 15 is 0 Å². The van der Waals surface area contributed by atoms with Crippen LogP contribution in [0.4, 0.5) is 5.69 Å². The van der Waals surface area contributed by atoms with E-state index in [4.69, 9.17) is 12.3 Å². The van der Waals surface area contributed by atoms with Gasteiger partial charge in [-0.3, -0.25) is 0 Å². The average molecular weight is 951 g/mol. The van der Waals surface area contributed by atoms with Crippen molar-refractivity contribution in [1.29, 1.82) is 0 Å². The van der Waals surface area contributed by atoms with Crippen molar-refractivity contribution in [2.24, 2.45) is 5.73 Å². The molecule has 2 nitrogen and oxygen atoms in total. The molecule has 5 aromatic rings. The predicted octanol–water partition coefficient (Wildman–Crippen LogP) is 16.4. The molecule has 0 bridgehead atoms. The summed E-state index contributed by atoms with van der Waals surface area (Å²) in [6, 6.07) is 46.4. The van der Waals surface area contributed by atoms with Gasteiger partial charge in [0.1, 0.15) is 0 Å². The van der Waals surface area contributed by atoms with Gasteiger partial charge in [0.2, 0.25) is 0 Å². The Hall–Kier alpha value is -8.98. The molecular formula is C71H70N2. The number of hydrogen-bond acceptors (Lipinski definition) is 2. The molecule has 0 saturated carbocycles. The Morgan fingerprint density at radius 2 is 1.22 bits per heavy atom. The summed E-state index contributed by atoms with van der Waals surface area (Å²) in [5.74, 6) is 0. The first-order valence-electron chi connectivity index (χ1n) is 24.7. The fourth-order valence-corrected chi connectivity index (χ4v) is 8.29. The normalized spacial score (nSPS) is 20.2. The zero-order valence-electron chi connectivity index (χ0n) is 42.4. The van der Waals surface area contributed by atoms with Gasteiger partial charge in [-0.25, -0.2) is 0 Å². The number of nitrogens with two attached hydrogens (primary N) is 2. The van der Waals surface area contributed by atoms with Gasteiger partial charge in [0.15, 0.2) is 0 Å². The summed E-state index contributed by atoms with van der Waals surface area (Å²) in [6.07, 6.45) is 58.6. The Kier molecular flexibility index (Phi) is 23.6. The molecule has 0 aromatic heterocycles. The van der Waals surface area contributed by atoms with E-state index in [0.29, 0.717) is 6.42 Å². The second-order valence-corrected chi connectivity index (χ2v) is 17.0. The highest BCUT2D eigenvalue weighted by Crippen LogP contribution is 2.47. The quantitative estimate of drug-likeness (QED) is 0.0861. The molecule has 2 aliphatic rings. The molecule has 0 aliphatic heterocycles. The maximum absolute atomic E-state index is 5.60. The first-order valence-corrected chi connectivity index (χ1v) is 24.7. The van der Waals surface area contributed by atoms with Crippen molar-refractivity contribution in [3.8, 4) is 11.1 Å². The molecule has 0 saturated heterocycles. The van der Waals surface area contributed by atoms with E-state index in [0.717, 1.165) is 35.2 Å². The van der Waals surface area contributed by atoms with Gasteiger partial charge in [-0.05, 0) is 111 Å². The lowest BCUT2D eigenvalue weighted by molar-refractivity contribution is 0.623. The number of benzene rings is 5. The topological polar surface area (TPSA) is 52.0 Å². The molecule has 0 fully saturated rings. The highest BCUT2D eigenvalue weighted by molar-refractivity contribution is 5.76. The Balaban J connectivity index is 0.000000523. The van der Waals surface area contributed by atoms with E-state index in [9.17, 15) is 0 Å². The highest BCUT2D eigenvalue weighted by Gasteiger charge is 2.38. The van der Waals surface area contributed by atoms with Crippen LogP contribution in [0.15, 0.2) is 334 Å². The minimum absolute atomic E-state index is 0.566. The van der Waals surface area contributed by atoms with Crippen LogP contribution >= 0.6 is 0 Å². The molecule has 0 radical (unpaired) electrons. The zero-order valence-corrected chi connectivity index (χ0v) is 42.4. The van der Waals surface area contributed by atoms with Gasteiger partial charge in [-0.2, -0.15) is 0 Å². The predicted molar refractivity (Wildman–Crippen MR) is 322 cm³/mol. The molecule has 364 valence electrons.